The third-order valence-electron chi connectivity index (χ3n) is 1.78. The molecule has 0 unspecified atom stereocenters. The van der Waals surface area contributed by atoms with Crippen LogP contribution in [0.3, 0.4) is 0 Å². The van der Waals surface area contributed by atoms with Crippen molar-refractivity contribution in [2.75, 3.05) is 5.73 Å². The molecule has 62 valence electrons. The highest BCUT2D eigenvalue weighted by molar-refractivity contribution is 5.87. The van der Waals surface area contributed by atoms with Gasteiger partial charge in [0.15, 0.2) is 11.4 Å². The van der Waals surface area contributed by atoms with E-state index in [1.807, 2.05) is 0 Å². The van der Waals surface area contributed by atoms with Crippen molar-refractivity contribution >= 4 is 16.8 Å². The van der Waals surface area contributed by atoms with Gasteiger partial charge in [0.05, 0.1) is 5.39 Å². The lowest BCUT2D eigenvalue weighted by molar-refractivity contribution is 0.458. The number of anilines is 1. The number of nitrogens with two attached hydrogens (primary N) is 1. The first-order valence-corrected chi connectivity index (χ1v) is 3.49. The molecule has 0 radical (unpaired) electrons. The van der Waals surface area contributed by atoms with Gasteiger partial charge < -0.3 is 10.3 Å². The lowest BCUT2D eigenvalue weighted by Gasteiger charge is -1.93. The molecular weight excluding hydrogens is 159 g/mol. The highest BCUT2D eigenvalue weighted by atomic mass is 19.1. The Balaban J connectivity index is 2.87. The Labute approximate surface area is 67.9 Å². The second-order valence-corrected chi connectivity index (χ2v) is 2.67. The number of fused-ring (bicyclic) bond motifs is 1. The summed E-state index contributed by atoms with van der Waals surface area (Å²) in [4.78, 5) is 0. The molecule has 3 nitrogen and oxygen atoms in total. The molecule has 1 aromatic heterocycles. The molecule has 2 aromatic rings. The number of aryl methyl sites for hydroxylation is 1. The van der Waals surface area contributed by atoms with Gasteiger partial charge >= 0.3 is 0 Å². The lowest BCUT2D eigenvalue weighted by Crippen LogP contribution is -1.85. The number of nitrogen functional groups attached to an aromatic ring is 1. The van der Waals surface area contributed by atoms with Gasteiger partial charge in [-0.1, -0.05) is 5.16 Å². The van der Waals surface area contributed by atoms with Crippen LogP contribution in [-0.2, 0) is 0 Å². The smallest absolute Gasteiger partial charge is 0.174 e. The van der Waals surface area contributed by atoms with Crippen LogP contribution in [-0.4, -0.2) is 5.16 Å². The van der Waals surface area contributed by atoms with E-state index in [9.17, 15) is 4.39 Å². The first kappa shape index (κ1) is 7.09. The molecular formula is C8H7FN2O. The zero-order valence-corrected chi connectivity index (χ0v) is 6.47. The second kappa shape index (κ2) is 2.20. The van der Waals surface area contributed by atoms with Crippen molar-refractivity contribution in [2.45, 2.75) is 6.92 Å². The molecule has 2 rings (SSSR count). The van der Waals surface area contributed by atoms with Crippen LogP contribution in [0.15, 0.2) is 16.7 Å². The summed E-state index contributed by atoms with van der Waals surface area (Å²) >= 11 is 0. The average Bonchev–Trinajstić information content (AvgIpc) is 2.35. The van der Waals surface area contributed by atoms with Gasteiger partial charge in [0.25, 0.3) is 0 Å². The standard InChI is InChI=1S/C8H7FN2O/c1-4-2-5-7(3-6(4)9)12-11-8(5)10/h2-3H,1H3,(H2,10,11). The topological polar surface area (TPSA) is 52.0 Å². The molecule has 1 heterocycles. The third kappa shape index (κ3) is 0.845. The molecule has 0 aliphatic carbocycles. The van der Waals surface area contributed by atoms with Gasteiger partial charge in [-0.15, -0.1) is 0 Å². The van der Waals surface area contributed by atoms with Crippen LogP contribution in [0.5, 0.6) is 0 Å². The molecule has 4 heteroatoms. The quantitative estimate of drug-likeness (QED) is 0.649. The molecule has 0 spiro atoms. The van der Waals surface area contributed by atoms with Gasteiger partial charge in [-0.3, -0.25) is 0 Å². The average molecular weight is 166 g/mol. The molecule has 12 heavy (non-hydrogen) atoms. The molecule has 0 bridgehead atoms. The SMILES string of the molecule is Cc1cc2c(N)noc2cc1F. The van der Waals surface area contributed by atoms with E-state index in [0.717, 1.165) is 0 Å². The van der Waals surface area contributed by atoms with Crippen LogP contribution in [0.2, 0.25) is 0 Å². The number of aromatic nitrogens is 1. The molecule has 0 aliphatic heterocycles. The summed E-state index contributed by atoms with van der Waals surface area (Å²) < 4.78 is 17.7. The predicted octanol–water partition coefficient (Wildman–Crippen LogP) is 1.86. The van der Waals surface area contributed by atoms with E-state index in [1.165, 1.54) is 6.07 Å². The van der Waals surface area contributed by atoms with Gasteiger partial charge in [0.2, 0.25) is 0 Å². The number of halogens is 1. The van der Waals surface area contributed by atoms with Crippen molar-refractivity contribution < 1.29 is 8.91 Å². The number of nitrogens with zero attached hydrogens (tertiary/aromatic N) is 1. The fourth-order valence-corrected chi connectivity index (χ4v) is 1.09. The van der Waals surface area contributed by atoms with Gasteiger partial charge in [0, 0.05) is 6.07 Å². The van der Waals surface area contributed by atoms with Crippen molar-refractivity contribution in [1.82, 2.24) is 5.16 Å². The van der Waals surface area contributed by atoms with Crippen LogP contribution in [0.25, 0.3) is 11.0 Å². The van der Waals surface area contributed by atoms with Crippen LogP contribution in [0, 0.1) is 12.7 Å². The number of benzene rings is 1. The summed E-state index contributed by atoms with van der Waals surface area (Å²) in [7, 11) is 0. The Hall–Kier alpha value is -1.58. The molecule has 0 fully saturated rings. The fourth-order valence-electron chi connectivity index (χ4n) is 1.09. The summed E-state index contributed by atoms with van der Waals surface area (Å²) in [5, 5.41) is 4.18. The molecule has 0 aliphatic rings. The highest BCUT2D eigenvalue weighted by Gasteiger charge is 2.07. The Bertz CT molecular complexity index is 436. The minimum atomic E-state index is -0.307. The highest BCUT2D eigenvalue weighted by Crippen LogP contribution is 2.23. The summed E-state index contributed by atoms with van der Waals surface area (Å²) in [5.74, 6) is -0.00764. The van der Waals surface area contributed by atoms with Gasteiger partial charge in [-0.05, 0) is 18.6 Å². The number of hydrogen-bond donors (Lipinski definition) is 1. The van der Waals surface area contributed by atoms with Crippen molar-refractivity contribution in [3.05, 3.63) is 23.5 Å². The summed E-state index contributed by atoms with van der Waals surface area (Å²) in [6.07, 6.45) is 0. The Morgan fingerprint density at radius 2 is 2.25 bits per heavy atom. The van der Waals surface area contributed by atoms with Crippen molar-refractivity contribution in [2.24, 2.45) is 0 Å². The van der Waals surface area contributed by atoms with Crippen LogP contribution in [0.1, 0.15) is 5.56 Å². The Kier molecular flexibility index (Phi) is 1.30. The van der Waals surface area contributed by atoms with Gasteiger partial charge in [0.1, 0.15) is 5.82 Å². The zero-order valence-electron chi connectivity index (χ0n) is 6.47. The summed E-state index contributed by atoms with van der Waals surface area (Å²) in [6, 6.07) is 2.91. The molecule has 0 saturated heterocycles. The Morgan fingerprint density at radius 3 is 3.00 bits per heavy atom. The van der Waals surface area contributed by atoms with Crippen molar-refractivity contribution in [3.63, 3.8) is 0 Å². The van der Waals surface area contributed by atoms with E-state index in [2.05, 4.69) is 5.16 Å². The van der Waals surface area contributed by atoms with Crippen LogP contribution in [0.4, 0.5) is 10.2 Å². The van der Waals surface area contributed by atoms with Gasteiger partial charge in [-0.25, -0.2) is 4.39 Å². The molecule has 0 saturated carbocycles. The van der Waals surface area contributed by atoms with E-state index in [-0.39, 0.29) is 5.82 Å². The van der Waals surface area contributed by atoms with Crippen LogP contribution < -0.4 is 5.73 Å². The summed E-state index contributed by atoms with van der Waals surface area (Å²) in [5.41, 5.74) is 6.39. The van der Waals surface area contributed by atoms with Crippen molar-refractivity contribution in [3.8, 4) is 0 Å². The predicted molar refractivity (Wildman–Crippen MR) is 43.1 cm³/mol. The van der Waals surface area contributed by atoms with E-state index >= 15 is 0 Å². The second-order valence-electron chi connectivity index (χ2n) is 2.67. The molecule has 1 aromatic carbocycles. The number of rotatable bonds is 0. The van der Waals surface area contributed by atoms with Crippen LogP contribution >= 0.6 is 0 Å². The molecule has 2 N–H and O–H groups in total. The molecule has 0 atom stereocenters. The van der Waals surface area contributed by atoms with Crippen molar-refractivity contribution in [1.29, 1.82) is 0 Å². The first-order chi connectivity index (χ1) is 5.68. The maximum Gasteiger partial charge on any atom is 0.174 e. The van der Waals surface area contributed by atoms with E-state index in [1.54, 1.807) is 13.0 Å². The maximum absolute atomic E-state index is 12.9. The largest absolute Gasteiger partial charge is 0.380 e. The lowest BCUT2D eigenvalue weighted by atomic mass is 10.2. The van der Waals surface area contributed by atoms with E-state index in [0.29, 0.717) is 22.4 Å². The molecule has 0 amide bonds. The van der Waals surface area contributed by atoms with E-state index < -0.39 is 0 Å². The summed E-state index contributed by atoms with van der Waals surface area (Å²) in [6.45, 7) is 1.67. The Morgan fingerprint density at radius 1 is 1.50 bits per heavy atom. The minimum absolute atomic E-state index is 0.299. The number of hydrogen-bond acceptors (Lipinski definition) is 3. The first-order valence-electron chi connectivity index (χ1n) is 3.49. The maximum atomic E-state index is 12.9. The van der Waals surface area contributed by atoms with E-state index in [4.69, 9.17) is 10.3 Å². The normalized spacial score (nSPS) is 10.8. The third-order valence-corrected chi connectivity index (χ3v) is 1.78. The minimum Gasteiger partial charge on any atom is -0.380 e. The monoisotopic (exact) mass is 166 g/mol. The van der Waals surface area contributed by atoms with Gasteiger partial charge in [-0.2, -0.15) is 0 Å². The zero-order chi connectivity index (χ0) is 8.72. The fraction of sp³-hybridized carbons (Fsp3) is 0.125.